The lowest BCUT2D eigenvalue weighted by atomic mass is 9.72. The van der Waals surface area contributed by atoms with E-state index in [-0.39, 0.29) is 23.7 Å². The van der Waals surface area contributed by atoms with Crippen molar-refractivity contribution in [1.82, 2.24) is 35.3 Å². The van der Waals surface area contributed by atoms with Gasteiger partial charge in [0.15, 0.2) is 0 Å². The van der Waals surface area contributed by atoms with E-state index in [1.165, 1.54) is 4.88 Å². The predicted octanol–water partition coefficient (Wildman–Crippen LogP) is 2.38. The molecule has 2 bridgehead atoms. The lowest BCUT2D eigenvalue weighted by Crippen LogP contribution is -2.51. The molecule has 7 rings (SSSR count). The van der Waals surface area contributed by atoms with Crippen molar-refractivity contribution in [2.24, 2.45) is 5.92 Å². The van der Waals surface area contributed by atoms with Crippen LogP contribution in [0.25, 0.3) is 11.6 Å². The molecule has 3 fully saturated rings. The fourth-order valence-electron chi connectivity index (χ4n) is 6.94. The number of amides is 1. The second-order valence-electron chi connectivity index (χ2n) is 12.1. The maximum Gasteiger partial charge on any atom is 0.321 e. The minimum Gasteiger partial charge on any atom is -0.463 e. The molecule has 3 aromatic heterocycles. The third-order valence-electron chi connectivity index (χ3n) is 9.16. The quantitative estimate of drug-likeness (QED) is 0.408. The van der Waals surface area contributed by atoms with Crippen molar-refractivity contribution in [3.63, 3.8) is 0 Å². The van der Waals surface area contributed by atoms with E-state index in [0.717, 1.165) is 69.3 Å². The summed E-state index contributed by atoms with van der Waals surface area (Å²) in [5.74, 6) is 4.68. The Morgan fingerprint density at radius 3 is 2.74 bits per heavy atom. The largest absolute Gasteiger partial charge is 0.463 e. The maximum absolute atomic E-state index is 11.8. The van der Waals surface area contributed by atoms with E-state index in [9.17, 15) is 4.79 Å². The number of ether oxygens (including phenoxy) is 1. The summed E-state index contributed by atoms with van der Waals surface area (Å²) < 4.78 is 12.0. The molecule has 6 heterocycles. The van der Waals surface area contributed by atoms with Crippen LogP contribution in [0.5, 0.6) is 6.01 Å². The van der Waals surface area contributed by atoms with Gasteiger partial charge in [0.1, 0.15) is 5.00 Å². The number of aryl methyl sites for hydroxylation is 1. The van der Waals surface area contributed by atoms with Gasteiger partial charge in [-0.2, -0.15) is 19.9 Å². The van der Waals surface area contributed by atoms with Crippen LogP contribution in [0.15, 0.2) is 4.52 Å². The van der Waals surface area contributed by atoms with Crippen LogP contribution in [0.3, 0.4) is 0 Å². The number of anilines is 2. The molecule has 13 heteroatoms. The molecule has 3 aliphatic heterocycles. The minimum atomic E-state index is -0.563. The first kappa shape index (κ1) is 27.1. The zero-order valence-electron chi connectivity index (χ0n) is 23.9. The van der Waals surface area contributed by atoms with E-state index in [0.29, 0.717) is 47.9 Å². The van der Waals surface area contributed by atoms with Gasteiger partial charge >= 0.3 is 6.01 Å². The molecule has 220 valence electrons. The predicted molar refractivity (Wildman–Crippen MR) is 157 cm³/mol. The van der Waals surface area contributed by atoms with Crippen LogP contribution in [-0.2, 0) is 16.6 Å². The molecule has 3 aromatic rings. The van der Waals surface area contributed by atoms with Crippen LogP contribution < -0.4 is 20.7 Å². The summed E-state index contributed by atoms with van der Waals surface area (Å²) in [4.78, 5) is 36.0. The van der Waals surface area contributed by atoms with Crippen molar-refractivity contribution in [3.8, 4) is 30.0 Å². The zero-order chi connectivity index (χ0) is 29.0. The zero-order valence-corrected chi connectivity index (χ0v) is 24.7. The molecule has 1 amide bonds. The first-order chi connectivity index (χ1) is 20.3. The third-order valence-corrected chi connectivity index (χ3v) is 10.2. The number of terminal acetylenes is 1. The molecule has 42 heavy (non-hydrogen) atoms. The van der Waals surface area contributed by atoms with Gasteiger partial charge in [0.2, 0.25) is 29.4 Å². The van der Waals surface area contributed by atoms with Gasteiger partial charge in [-0.05, 0) is 51.0 Å². The molecule has 4 aliphatic rings. The van der Waals surface area contributed by atoms with Crippen LogP contribution in [0.2, 0.25) is 0 Å². The Hall–Kier alpha value is -3.76. The number of piperazine rings is 1. The van der Waals surface area contributed by atoms with Gasteiger partial charge in [0.25, 0.3) is 0 Å². The standard InChI is InChI=1S/C29H35N9O3S/c1-4-20-22-21(42-23(20)30)6-5-10-29(22,3)26-32-25(36-41-26)24-33-27(38-13-18-7-8-19(14-38)31-18)35-28(34-24)40-15-17-9-11-37(12-17)16(2)39/h1,17-19,31H,5-15,30H2,2-3H3/t17-,18?,19?,29-/m1/s1. The van der Waals surface area contributed by atoms with Crippen LogP contribution in [0, 0.1) is 18.3 Å². The van der Waals surface area contributed by atoms with E-state index in [2.05, 4.69) is 33.2 Å². The lowest BCUT2D eigenvalue weighted by molar-refractivity contribution is -0.127. The number of nitrogens with one attached hydrogen (secondary N) is 1. The molecule has 4 atom stereocenters. The highest BCUT2D eigenvalue weighted by Gasteiger charge is 2.43. The Kier molecular flexibility index (Phi) is 6.78. The first-order valence-corrected chi connectivity index (χ1v) is 15.5. The Bertz CT molecular complexity index is 1550. The van der Waals surface area contributed by atoms with E-state index in [1.807, 2.05) is 4.90 Å². The van der Waals surface area contributed by atoms with Crippen molar-refractivity contribution in [2.75, 3.05) is 43.4 Å². The molecule has 3 saturated heterocycles. The van der Waals surface area contributed by atoms with Gasteiger partial charge in [-0.1, -0.05) is 11.1 Å². The topological polar surface area (TPSA) is 148 Å². The van der Waals surface area contributed by atoms with Gasteiger partial charge in [-0.15, -0.1) is 17.8 Å². The van der Waals surface area contributed by atoms with Gasteiger partial charge in [0, 0.05) is 56.0 Å². The fraction of sp³-hybridized carbons (Fsp3) is 0.586. The summed E-state index contributed by atoms with van der Waals surface area (Å²) in [6.07, 6.45) is 11.7. The molecule has 0 radical (unpaired) electrons. The number of aromatic nitrogens is 5. The summed E-state index contributed by atoms with van der Waals surface area (Å²) in [5, 5.41) is 8.63. The lowest BCUT2D eigenvalue weighted by Gasteiger charge is -2.32. The van der Waals surface area contributed by atoms with Gasteiger partial charge in [0.05, 0.1) is 17.6 Å². The highest BCUT2D eigenvalue weighted by molar-refractivity contribution is 7.16. The molecule has 3 N–H and O–H groups in total. The number of carbonyl (C=O) groups excluding carboxylic acids is 1. The Balaban J connectivity index is 1.20. The number of likely N-dealkylation sites (tertiary alicyclic amines) is 1. The number of hydrogen-bond donors (Lipinski definition) is 2. The number of hydrogen-bond acceptors (Lipinski definition) is 12. The van der Waals surface area contributed by atoms with Gasteiger partial charge in [-0.3, -0.25) is 4.79 Å². The normalized spacial score (nSPS) is 26.7. The summed E-state index contributed by atoms with van der Waals surface area (Å²) in [6.45, 7) is 7.12. The summed E-state index contributed by atoms with van der Waals surface area (Å²) in [5.41, 5.74) is 7.46. The number of thiophene rings is 1. The number of nitrogens with zero attached hydrogens (tertiary/aromatic N) is 7. The minimum absolute atomic E-state index is 0.0850. The Morgan fingerprint density at radius 2 is 2.00 bits per heavy atom. The number of fused-ring (bicyclic) bond motifs is 3. The van der Waals surface area contributed by atoms with Gasteiger partial charge < -0.3 is 30.1 Å². The second-order valence-corrected chi connectivity index (χ2v) is 13.2. The molecular formula is C29H35N9O3S. The molecule has 0 spiro atoms. The smallest absolute Gasteiger partial charge is 0.321 e. The van der Waals surface area contributed by atoms with Crippen LogP contribution in [0.4, 0.5) is 10.9 Å². The van der Waals surface area contributed by atoms with Crippen LogP contribution >= 0.6 is 11.3 Å². The molecule has 2 unspecified atom stereocenters. The van der Waals surface area contributed by atoms with Crippen molar-refractivity contribution in [3.05, 3.63) is 21.9 Å². The first-order valence-electron chi connectivity index (χ1n) is 14.7. The average molecular weight is 590 g/mol. The maximum atomic E-state index is 11.8. The Morgan fingerprint density at radius 1 is 1.19 bits per heavy atom. The monoisotopic (exact) mass is 589 g/mol. The Labute approximate surface area is 248 Å². The second kappa shape index (κ2) is 10.5. The van der Waals surface area contributed by atoms with Crippen LogP contribution in [0.1, 0.15) is 67.8 Å². The van der Waals surface area contributed by atoms with E-state index < -0.39 is 5.41 Å². The number of carbonyl (C=O) groups is 1. The average Bonchev–Trinajstić information content (AvgIpc) is 3.78. The van der Waals surface area contributed by atoms with Crippen molar-refractivity contribution in [2.45, 2.75) is 69.9 Å². The number of nitrogen functional groups attached to an aromatic ring is 1. The van der Waals surface area contributed by atoms with Gasteiger partial charge in [-0.25, -0.2) is 0 Å². The highest BCUT2D eigenvalue weighted by atomic mass is 32.1. The number of nitrogens with two attached hydrogens (primary N) is 1. The highest BCUT2D eigenvalue weighted by Crippen LogP contribution is 2.48. The third kappa shape index (κ3) is 4.76. The number of rotatable bonds is 6. The molecule has 12 nitrogen and oxygen atoms in total. The summed E-state index contributed by atoms with van der Waals surface area (Å²) in [6, 6.07) is 1.04. The van der Waals surface area contributed by atoms with Crippen molar-refractivity contribution < 1.29 is 14.1 Å². The summed E-state index contributed by atoms with van der Waals surface area (Å²) >= 11 is 1.55. The van der Waals surface area contributed by atoms with Crippen molar-refractivity contribution in [1.29, 1.82) is 0 Å². The molecule has 0 aromatic carbocycles. The fourth-order valence-corrected chi connectivity index (χ4v) is 8.14. The molecule has 1 aliphatic carbocycles. The SMILES string of the molecule is C#Cc1c(N)sc2c1[C@](C)(c1nc(-c3nc(OC[C@@H]4CCN(C(C)=O)C4)nc(N4CC5CCC(C4)N5)n3)no1)CCC2. The van der Waals surface area contributed by atoms with E-state index in [4.69, 9.17) is 36.4 Å². The van der Waals surface area contributed by atoms with E-state index >= 15 is 0 Å². The van der Waals surface area contributed by atoms with Crippen LogP contribution in [-0.4, -0.2) is 80.8 Å². The molecule has 0 saturated carbocycles. The molecular weight excluding hydrogens is 554 g/mol. The van der Waals surface area contributed by atoms with Crippen molar-refractivity contribution >= 4 is 28.2 Å². The summed E-state index contributed by atoms with van der Waals surface area (Å²) in [7, 11) is 0. The van der Waals surface area contributed by atoms with E-state index in [1.54, 1.807) is 18.3 Å².